The highest BCUT2D eigenvalue weighted by Gasteiger charge is 2.28. The second kappa shape index (κ2) is 9.61. The van der Waals surface area contributed by atoms with E-state index in [1.807, 2.05) is 11.4 Å². The topological polar surface area (TPSA) is 72.2 Å². The first kappa shape index (κ1) is 22.8. The molecular formula is C25H33N5OS. The number of aryl methyl sites for hydroxylation is 3. The fourth-order valence-corrected chi connectivity index (χ4v) is 5.21. The van der Waals surface area contributed by atoms with Crippen molar-refractivity contribution in [3.63, 3.8) is 0 Å². The van der Waals surface area contributed by atoms with Crippen LogP contribution < -0.4 is 5.32 Å². The summed E-state index contributed by atoms with van der Waals surface area (Å²) in [5.41, 5.74) is 5.69. The molecule has 3 aromatic rings. The van der Waals surface area contributed by atoms with E-state index in [0.29, 0.717) is 28.5 Å². The minimum atomic E-state index is 0.0562. The van der Waals surface area contributed by atoms with Gasteiger partial charge in [0.05, 0.1) is 5.75 Å². The highest BCUT2D eigenvalue weighted by molar-refractivity contribution is 7.99. The SMILES string of the molecule is Cc1ccc(Cc2c(C)nc3nc(SCC(=O)NC4CCCC(C)C4C)nn3c2C)cc1. The second-order valence-electron chi connectivity index (χ2n) is 9.26. The van der Waals surface area contributed by atoms with Crippen LogP contribution in [0.3, 0.4) is 0 Å². The van der Waals surface area contributed by atoms with Crippen LogP contribution in [-0.2, 0) is 11.2 Å². The van der Waals surface area contributed by atoms with Gasteiger partial charge in [0, 0.05) is 23.9 Å². The van der Waals surface area contributed by atoms with Gasteiger partial charge in [-0.05, 0) is 50.2 Å². The highest BCUT2D eigenvalue weighted by Crippen LogP contribution is 2.29. The lowest BCUT2D eigenvalue weighted by atomic mass is 9.78. The number of thioether (sulfide) groups is 1. The Morgan fingerprint density at radius 3 is 2.62 bits per heavy atom. The lowest BCUT2D eigenvalue weighted by Crippen LogP contribution is -2.44. The fourth-order valence-electron chi connectivity index (χ4n) is 4.58. The van der Waals surface area contributed by atoms with Crippen molar-refractivity contribution in [1.29, 1.82) is 0 Å². The zero-order chi connectivity index (χ0) is 22.8. The third kappa shape index (κ3) is 4.98. The van der Waals surface area contributed by atoms with Crippen LogP contribution in [0.15, 0.2) is 29.4 Å². The predicted octanol–water partition coefficient (Wildman–Crippen LogP) is 4.67. The van der Waals surface area contributed by atoms with E-state index in [1.54, 1.807) is 0 Å². The Kier molecular flexibility index (Phi) is 6.84. The van der Waals surface area contributed by atoms with Gasteiger partial charge in [-0.2, -0.15) is 4.98 Å². The average Bonchev–Trinajstić information content (AvgIpc) is 3.17. The van der Waals surface area contributed by atoms with Crippen molar-refractivity contribution in [2.24, 2.45) is 11.8 Å². The molecule has 32 heavy (non-hydrogen) atoms. The van der Waals surface area contributed by atoms with Gasteiger partial charge in [-0.1, -0.05) is 68.3 Å². The van der Waals surface area contributed by atoms with E-state index < -0.39 is 0 Å². The molecule has 0 spiro atoms. The Morgan fingerprint density at radius 1 is 1.12 bits per heavy atom. The third-order valence-electron chi connectivity index (χ3n) is 6.92. The molecule has 7 heteroatoms. The number of aromatic nitrogens is 4. The zero-order valence-electron chi connectivity index (χ0n) is 19.7. The largest absolute Gasteiger partial charge is 0.352 e. The standard InChI is InChI=1S/C25H33N5OS/c1-15-9-11-20(12-10-15)13-21-18(4)26-24-28-25(29-30(24)19(21)5)32-14-23(31)27-22-8-6-7-16(2)17(22)3/h9-12,16-17,22H,6-8,13-14H2,1-5H3,(H,27,31). The van der Waals surface area contributed by atoms with Crippen LogP contribution in [0.25, 0.3) is 5.78 Å². The summed E-state index contributed by atoms with van der Waals surface area (Å²) in [6.07, 6.45) is 4.32. The van der Waals surface area contributed by atoms with Crippen molar-refractivity contribution in [3.8, 4) is 0 Å². The number of amides is 1. The van der Waals surface area contributed by atoms with E-state index >= 15 is 0 Å². The van der Waals surface area contributed by atoms with Crippen LogP contribution in [0, 0.1) is 32.6 Å². The molecule has 4 rings (SSSR count). The van der Waals surface area contributed by atoms with E-state index in [1.165, 1.54) is 41.3 Å². The van der Waals surface area contributed by atoms with Crippen LogP contribution in [-0.4, -0.2) is 37.3 Å². The Balaban J connectivity index is 1.44. The van der Waals surface area contributed by atoms with Gasteiger partial charge in [0.25, 0.3) is 5.78 Å². The van der Waals surface area contributed by atoms with Crippen molar-refractivity contribution in [1.82, 2.24) is 24.9 Å². The van der Waals surface area contributed by atoms with Crippen molar-refractivity contribution < 1.29 is 4.79 Å². The lowest BCUT2D eigenvalue weighted by molar-refractivity contribution is -0.120. The number of hydrogen-bond acceptors (Lipinski definition) is 5. The van der Waals surface area contributed by atoms with Crippen LogP contribution in [0.4, 0.5) is 0 Å². The van der Waals surface area contributed by atoms with Crippen LogP contribution in [0.5, 0.6) is 0 Å². The van der Waals surface area contributed by atoms with Crippen molar-refractivity contribution in [2.45, 2.75) is 71.5 Å². The molecule has 0 saturated heterocycles. The van der Waals surface area contributed by atoms with E-state index in [9.17, 15) is 4.79 Å². The van der Waals surface area contributed by atoms with E-state index in [0.717, 1.165) is 24.2 Å². The Morgan fingerprint density at radius 2 is 1.88 bits per heavy atom. The Labute approximate surface area is 194 Å². The third-order valence-corrected chi connectivity index (χ3v) is 7.75. The molecular weight excluding hydrogens is 418 g/mol. The highest BCUT2D eigenvalue weighted by atomic mass is 32.2. The molecule has 2 heterocycles. The van der Waals surface area contributed by atoms with Crippen molar-refractivity contribution in [2.75, 3.05) is 5.75 Å². The van der Waals surface area contributed by atoms with Gasteiger partial charge < -0.3 is 5.32 Å². The molecule has 1 N–H and O–H groups in total. The first-order valence-electron chi connectivity index (χ1n) is 11.5. The normalized spacial score (nSPS) is 21.1. The minimum absolute atomic E-state index is 0.0562. The van der Waals surface area contributed by atoms with Gasteiger partial charge in [0.2, 0.25) is 11.1 Å². The van der Waals surface area contributed by atoms with Gasteiger partial charge >= 0.3 is 0 Å². The van der Waals surface area contributed by atoms with E-state index in [-0.39, 0.29) is 11.9 Å². The molecule has 0 bridgehead atoms. The maximum atomic E-state index is 12.5. The smallest absolute Gasteiger partial charge is 0.253 e. The molecule has 170 valence electrons. The molecule has 6 nitrogen and oxygen atoms in total. The summed E-state index contributed by atoms with van der Waals surface area (Å²) in [6.45, 7) is 10.7. The fraction of sp³-hybridized carbons (Fsp3) is 0.520. The minimum Gasteiger partial charge on any atom is -0.352 e. The number of carbonyl (C=O) groups excluding carboxylic acids is 1. The van der Waals surface area contributed by atoms with Gasteiger partial charge in [0.15, 0.2) is 0 Å². The van der Waals surface area contributed by atoms with Crippen LogP contribution in [0.1, 0.15) is 61.2 Å². The molecule has 1 aliphatic carbocycles. The Bertz CT molecular complexity index is 1110. The first-order valence-corrected chi connectivity index (χ1v) is 12.5. The number of benzene rings is 1. The van der Waals surface area contributed by atoms with Gasteiger partial charge in [-0.15, -0.1) is 5.10 Å². The summed E-state index contributed by atoms with van der Waals surface area (Å²) in [5.74, 6) is 2.15. The molecule has 1 aromatic carbocycles. The van der Waals surface area contributed by atoms with Crippen molar-refractivity contribution in [3.05, 3.63) is 52.3 Å². The molecule has 0 aliphatic heterocycles. The van der Waals surface area contributed by atoms with E-state index in [2.05, 4.69) is 72.3 Å². The molecule has 2 aromatic heterocycles. The van der Waals surface area contributed by atoms with Gasteiger partial charge in [-0.3, -0.25) is 4.79 Å². The zero-order valence-corrected chi connectivity index (χ0v) is 20.5. The lowest BCUT2D eigenvalue weighted by Gasteiger charge is -2.34. The first-order chi connectivity index (χ1) is 15.3. The molecule has 1 amide bonds. The molecule has 1 aliphatic rings. The summed E-state index contributed by atoms with van der Waals surface area (Å²) >= 11 is 1.38. The molecule has 3 atom stereocenters. The van der Waals surface area contributed by atoms with Gasteiger partial charge in [-0.25, -0.2) is 9.50 Å². The quantitative estimate of drug-likeness (QED) is 0.551. The maximum absolute atomic E-state index is 12.5. The summed E-state index contributed by atoms with van der Waals surface area (Å²) < 4.78 is 1.81. The maximum Gasteiger partial charge on any atom is 0.253 e. The second-order valence-corrected chi connectivity index (χ2v) is 10.2. The van der Waals surface area contributed by atoms with E-state index in [4.69, 9.17) is 0 Å². The predicted molar refractivity (Wildman–Crippen MR) is 129 cm³/mol. The number of fused-ring (bicyclic) bond motifs is 1. The molecule has 3 unspecified atom stereocenters. The summed E-state index contributed by atoms with van der Waals surface area (Å²) in [4.78, 5) is 21.8. The number of nitrogens with one attached hydrogen (secondary N) is 1. The average molecular weight is 452 g/mol. The summed E-state index contributed by atoms with van der Waals surface area (Å²) in [5, 5.41) is 8.46. The van der Waals surface area contributed by atoms with Crippen molar-refractivity contribution >= 4 is 23.4 Å². The Hall–Kier alpha value is -2.41. The van der Waals surface area contributed by atoms with Crippen LogP contribution in [0.2, 0.25) is 0 Å². The molecule has 1 saturated carbocycles. The van der Waals surface area contributed by atoms with Gasteiger partial charge in [0.1, 0.15) is 0 Å². The number of hydrogen-bond donors (Lipinski definition) is 1. The monoisotopic (exact) mass is 451 g/mol. The summed E-state index contributed by atoms with van der Waals surface area (Å²) in [6, 6.07) is 8.87. The number of carbonyl (C=O) groups is 1. The number of rotatable bonds is 6. The molecule has 0 radical (unpaired) electrons. The summed E-state index contributed by atoms with van der Waals surface area (Å²) in [7, 11) is 0. The number of nitrogens with zero attached hydrogens (tertiary/aromatic N) is 4. The van der Waals surface area contributed by atoms with Crippen LogP contribution >= 0.6 is 11.8 Å². The molecule has 1 fully saturated rings.